The molecule has 2 heterocycles. The van der Waals surface area contributed by atoms with Gasteiger partial charge in [-0.1, -0.05) is 91.0 Å². The third kappa shape index (κ3) is 9.79. The number of anilines is 2. The van der Waals surface area contributed by atoms with E-state index < -0.39 is 30.0 Å². The van der Waals surface area contributed by atoms with E-state index in [1.54, 1.807) is 6.07 Å². The molecule has 2 aromatic heterocycles. The maximum Gasteiger partial charge on any atom is 0.295 e. The molecule has 0 aliphatic heterocycles. The number of hydrogen-bond acceptors (Lipinski definition) is 11. The molecule has 0 amide bonds. The molecule has 17 heteroatoms. The summed E-state index contributed by atoms with van der Waals surface area (Å²) in [4.78, 5) is 24.4. The third-order valence-corrected chi connectivity index (χ3v) is 9.63. The summed E-state index contributed by atoms with van der Waals surface area (Å²) < 4.78 is 70.0. The van der Waals surface area contributed by atoms with Crippen LogP contribution in [0.3, 0.4) is 0 Å². The number of aromatic nitrogens is 6. The standard InChI is InChI=1S/C35H27Cl2N7O6S2/c36-33-40-30(18-22-7-3-1-4-8-22)39-31(41-33)20-24-11-12-25(28(17-24)51(45,46)47)13-14-26-15-16-27(21-29(26)52(48,49)50)38-35-43-32(42-34(37)44-35)19-23-9-5-2-6-10-23/h1-17,21H,18-20H2,(H,45,46,47)(H,48,49,50)(H,38,42,43,44)/b14-13+. The van der Waals surface area contributed by atoms with E-state index in [2.05, 4.69) is 35.2 Å². The molecule has 6 rings (SSSR count). The van der Waals surface area contributed by atoms with Gasteiger partial charge in [-0.2, -0.15) is 26.8 Å². The summed E-state index contributed by atoms with van der Waals surface area (Å²) in [5.74, 6) is 1.12. The van der Waals surface area contributed by atoms with Gasteiger partial charge in [-0.15, -0.1) is 0 Å². The Hall–Kier alpha value is -5.16. The van der Waals surface area contributed by atoms with Gasteiger partial charge in [0, 0.05) is 24.9 Å². The minimum Gasteiger partial charge on any atom is -0.324 e. The second kappa shape index (κ2) is 15.6. The van der Waals surface area contributed by atoms with Crippen molar-refractivity contribution >= 4 is 67.2 Å². The average Bonchev–Trinajstić information content (AvgIpc) is 3.07. The van der Waals surface area contributed by atoms with Crippen molar-refractivity contribution in [2.45, 2.75) is 29.1 Å². The summed E-state index contributed by atoms with van der Waals surface area (Å²) in [5, 5.41) is 2.78. The first-order valence-electron chi connectivity index (χ1n) is 15.3. The van der Waals surface area contributed by atoms with Crippen molar-refractivity contribution < 1.29 is 25.9 Å². The molecule has 0 radical (unpaired) electrons. The Labute approximate surface area is 309 Å². The first-order chi connectivity index (χ1) is 24.8. The van der Waals surface area contributed by atoms with Gasteiger partial charge in [0.25, 0.3) is 20.2 Å². The van der Waals surface area contributed by atoms with Gasteiger partial charge in [-0.25, -0.2) is 19.9 Å². The van der Waals surface area contributed by atoms with Crippen molar-refractivity contribution in [1.82, 2.24) is 29.9 Å². The summed E-state index contributed by atoms with van der Waals surface area (Å²) in [6, 6.07) is 27.3. The van der Waals surface area contributed by atoms with Crippen LogP contribution in [0.2, 0.25) is 10.6 Å². The summed E-state index contributed by atoms with van der Waals surface area (Å²) in [5.41, 5.74) is 2.60. The SMILES string of the molecule is O=S(=O)(O)c1cc(Cc2nc(Cl)nc(Cc3ccccc3)n2)ccc1/C=C/c1ccc(Nc2nc(Cl)nc(Cc3ccccc3)n2)cc1S(=O)(=O)O. The first-order valence-corrected chi connectivity index (χ1v) is 19.0. The predicted octanol–water partition coefficient (Wildman–Crippen LogP) is 6.54. The van der Waals surface area contributed by atoms with Crippen molar-refractivity contribution in [2.75, 3.05) is 5.32 Å². The number of nitrogens with one attached hydrogen (secondary N) is 1. The molecule has 0 saturated heterocycles. The van der Waals surface area contributed by atoms with E-state index in [9.17, 15) is 25.9 Å². The van der Waals surface area contributed by atoms with Crippen LogP contribution in [0.4, 0.5) is 11.6 Å². The van der Waals surface area contributed by atoms with E-state index in [1.165, 1.54) is 36.4 Å². The topological polar surface area (TPSA) is 198 Å². The van der Waals surface area contributed by atoms with Gasteiger partial charge >= 0.3 is 0 Å². The molecule has 0 aliphatic carbocycles. The number of benzene rings is 4. The Morgan fingerprint density at radius 2 is 1.00 bits per heavy atom. The molecular weight excluding hydrogens is 749 g/mol. The summed E-state index contributed by atoms with van der Waals surface area (Å²) in [6.07, 6.45) is 3.42. The molecule has 52 heavy (non-hydrogen) atoms. The van der Waals surface area contributed by atoms with E-state index in [4.69, 9.17) is 23.2 Å². The Morgan fingerprint density at radius 3 is 1.54 bits per heavy atom. The van der Waals surface area contributed by atoms with Gasteiger partial charge in [0.2, 0.25) is 16.5 Å². The van der Waals surface area contributed by atoms with Gasteiger partial charge in [0.15, 0.2) is 0 Å². The molecule has 0 unspecified atom stereocenters. The molecule has 264 valence electrons. The molecular formula is C35H27Cl2N7O6S2. The van der Waals surface area contributed by atoms with Crippen LogP contribution in [0.1, 0.15) is 45.3 Å². The predicted molar refractivity (Wildman–Crippen MR) is 196 cm³/mol. The lowest BCUT2D eigenvalue weighted by Gasteiger charge is -2.11. The lowest BCUT2D eigenvalue weighted by Crippen LogP contribution is -2.07. The Morgan fingerprint density at radius 1 is 0.538 bits per heavy atom. The van der Waals surface area contributed by atoms with Gasteiger partial charge < -0.3 is 5.32 Å². The van der Waals surface area contributed by atoms with Crippen molar-refractivity contribution in [3.05, 3.63) is 153 Å². The number of rotatable bonds is 12. The highest BCUT2D eigenvalue weighted by molar-refractivity contribution is 7.86. The number of halogens is 2. The lowest BCUT2D eigenvalue weighted by atomic mass is 10.1. The van der Waals surface area contributed by atoms with E-state index in [0.29, 0.717) is 30.1 Å². The monoisotopic (exact) mass is 775 g/mol. The normalized spacial score (nSPS) is 11.9. The Bertz CT molecular complexity index is 2340. The van der Waals surface area contributed by atoms with Crippen LogP contribution in [-0.2, 0) is 39.5 Å². The molecule has 0 aliphatic rings. The molecule has 0 atom stereocenters. The minimum atomic E-state index is -4.78. The maximum atomic E-state index is 12.5. The second-order valence-corrected chi connectivity index (χ2v) is 14.8. The highest BCUT2D eigenvalue weighted by atomic mass is 35.5. The van der Waals surface area contributed by atoms with Crippen LogP contribution < -0.4 is 5.32 Å². The summed E-state index contributed by atoms with van der Waals surface area (Å²) >= 11 is 12.3. The third-order valence-electron chi connectivity index (χ3n) is 7.47. The fraction of sp³-hybridized carbons (Fsp3) is 0.0857. The van der Waals surface area contributed by atoms with E-state index in [1.807, 2.05) is 60.7 Å². The molecule has 0 spiro atoms. The quantitative estimate of drug-likeness (QED) is 0.0895. The summed E-state index contributed by atoms with van der Waals surface area (Å²) in [7, 11) is -9.54. The molecule has 0 bridgehead atoms. The van der Waals surface area contributed by atoms with Gasteiger partial charge in [0.05, 0.1) is 0 Å². The Balaban J connectivity index is 1.25. The highest BCUT2D eigenvalue weighted by Crippen LogP contribution is 2.27. The van der Waals surface area contributed by atoms with E-state index in [-0.39, 0.29) is 45.6 Å². The summed E-state index contributed by atoms with van der Waals surface area (Å²) in [6.45, 7) is 0. The smallest absolute Gasteiger partial charge is 0.295 e. The molecule has 13 nitrogen and oxygen atoms in total. The average molecular weight is 777 g/mol. The molecule has 0 saturated carbocycles. The zero-order valence-electron chi connectivity index (χ0n) is 26.8. The molecule has 4 aromatic carbocycles. The van der Waals surface area contributed by atoms with Crippen LogP contribution in [-0.4, -0.2) is 55.8 Å². The minimum absolute atomic E-state index is 0.0163. The largest absolute Gasteiger partial charge is 0.324 e. The van der Waals surface area contributed by atoms with Crippen LogP contribution in [0, 0.1) is 0 Å². The Kier molecular flexibility index (Phi) is 11.0. The molecule has 0 fully saturated rings. The zero-order chi connectivity index (χ0) is 36.9. The van der Waals surface area contributed by atoms with Crippen molar-refractivity contribution in [1.29, 1.82) is 0 Å². The fourth-order valence-corrected chi connectivity index (χ4v) is 7.01. The molecule has 6 aromatic rings. The molecule has 3 N–H and O–H groups in total. The zero-order valence-corrected chi connectivity index (χ0v) is 29.9. The van der Waals surface area contributed by atoms with E-state index >= 15 is 0 Å². The van der Waals surface area contributed by atoms with Crippen LogP contribution in [0.5, 0.6) is 0 Å². The van der Waals surface area contributed by atoms with Gasteiger partial charge in [0.1, 0.15) is 27.3 Å². The first kappa shape index (κ1) is 36.6. The van der Waals surface area contributed by atoms with Gasteiger partial charge in [-0.05, 0) is 69.2 Å². The van der Waals surface area contributed by atoms with Crippen molar-refractivity contribution in [2.24, 2.45) is 0 Å². The number of nitrogens with zero attached hydrogens (tertiary/aromatic N) is 6. The van der Waals surface area contributed by atoms with Crippen LogP contribution in [0.25, 0.3) is 12.2 Å². The van der Waals surface area contributed by atoms with Crippen molar-refractivity contribution in [3.8, 4) is 0 Å². The number of hydrogen-bond donors (Lipinski definition) is 3. The fourth-order valence-electron chi connectivity index (χ4n) is 5.19. The lowest BCUT2D eigenvalue weighted by molar-refractivity contribution is 0.480. The van der Waals surface area contributed by atoms with Crippen LogP contribution >= 0.6 is 23.2 Å². The second-order valence-electron chi connectivity index (χ2n) is 11.3. The van der Waals surface area contributed by atoms with E-state index in [0.717, 1.165) is 17.2 Å². The maximum absolute atomic E-state index is 12.5. The highest BCUT2D eigenvalue weighted by Gasteiger charge is 2.19. The van der Waals surface area contributed by atoms with Crippen LogP contribution in [0.15, 0.2) is 107 Å². The van der Waals surface area contributed by atoms with Crippen molar-refractivity contribution in [3.63, 3.8) is 0 Å². The van der Waals surface area contributed by atoms with Gasteiger partial charge in [-0.3, -0.25) is 9.11 Å².